The molecule has 1 amide bonds. The van der Waals surface area contributed by atoms with E-state index in [4.69, 9.17) is 4.74 Å². The summed E-state index contributed by atoms with van der Waals surface area (Å²) in [5, 5.41) is 6.09. The van der Waals surface area contributed by atoms with Gasteiger partial charge in [-0.3, -0.25) is 9.36 Å². The number of nitrogens with zero attached hydrogens (tertiary/aromatic N) is 4. The van der Waals surface area contributed by atoms with E-state index in [-0.39, 0.29) is 17.8 Å². The van der Waals surface area contributed by atoms with Crippen molar-refractivity contribution >= 4 is 11.7 Å². The molecule has 0 bridgehead atoms. The van der Waals surface area contributed by atoms with Crippen LogP contribution in [0.15, 0.2) is 18.6 Å². The highest BCUT2D eigenvalue weighted by Crippen LogP contribution is 2.28. The van der Waals surface area contributed by atoms with Crippen molar-refractivity contribution in [1.29, 1.82) is 0 Å². The van der Waals surface area contributed by atoms with Gasteiger partial charge in [-0.2, -0.15) is 18.2 Å². The number of carbonyl (C=O) groups excluding carboxylic acids is 1. The molecule has 0 radical (unpaired) electrons. The highest BCUT2D eigenvalue weighted by atomic mass is 19.4. The quantitative estimate of drug-likeness (QED) is 0.386. The lowest BCUT2D eigenvalue weighted by atomic mass is 10.0. The number of aromatic nitrogens is 4. The highest BCUT2D eigenvalue weighted by molar-refractivity contribution is 5.84. The van der Waals surface area contributed by atoms with Crippen molar-refractivity contribution in [2.45, 2.75) is 72.0 Å². The molecule has 2 rings (SSSR count). The molecule has 2 N–H and O–H groups in total. The third kappa shape index (κ3) is 8.92. The molecule has 8 nitrogen and oxygen atoms in total. The largest absolute Gasteiger partial charge is 0.434 e. The van der Waals surface area contributed by atoms with E-state index in [0.717, 1.165) is 29.9 Å². The maximum atomic E-state index is 13.0. The van der Waals surface area contributed by atoms with Gasteiger partial charge in [0.15, 0.2) is 5.69 Å². The zero-order valence-corrected chi connectivity index (χ0v) is 20.3. The van der Waals surface area contributed by atoms with E-state index in [9.17, 15) is 18.0 Å². The topological polar surface area (TPSA) is 94.0 Å². The summed E-state index contributed by atoms with van der Waals surface area (Å²) >= 11 is 0. The number of alkyl halides is 3. The van der Waals surface area contributed by atoms with Crippen LogP contribution in [0.5, 0.6) is 0 Å². The van der Waals surface area contributed by atoms with E-state index in [1.165, 1.54) is 0 Å². The SMILES string of the molecule is CCCCc1cc(N[C@@H](CC(C)C)C(=O)NCCCOCC)nc(-n2cnc(C(F)(F)F)c2)n1. The van der Waals surface area contributed by atoms with Crippen LogP contribution in [0.2, 0.25) is 0 Å². The lowest BCUT2D eigenvalue weighted by Gasteiger charge is -2.21. The first-order valence-electron chi connectivity index (χ1n) is 11.8. The Labute approximate surface area is 198 Å². The van der Waals surface area contributed by atoms with Crippen molar-refractivity contribution in [2.24, 2.45) is 5.92 Å². The van der Waals surface area contributed by atoms with Gasteiger partial charge >= 0.3 is 6.18 Å². The zero-order valence-electron chi connectivity index (χ0n) is 20.3. The van der Waals surface area contributed by atoms with Gasteiger partial charge in [0.05, 0.1) is 0 Å². The van der Waals surface area contributed by atoms with Crippen LogP contribution in [0.4, 0.5) is 19.0 Å². The van der Waals surface area contributed by atoms with Crippen molar-refractivity contribution in [3.05, 3.63) is 30.0 Å². The van der Waals surface area contributed by atoms with Gasteiger partial charge in [0.2, 0.25) is 11.9 Å². The van der Waals surface area contributed by atoms with Gasteiger partial charge in [0.1, 0.15) is 18.2 Å². The van der Waals surface area contributed by atoms with Crippen molar-refractivity contribution in [2.75, 3.05) is 25.1 Å². The van der Waals surface area contributed by atoms with Crippen LogP contribution in [0.25, 0.3) is 5.95 Å². The Morgan fingerprint density at radius 1 is 1.21 bits per heavy atom. The molecule has 0 aromatic carbocycles. The minimum atomic E-state index is -4.56. The number of amides is 1. The number of hydrogen-bond acceptors (Lipinski definition) is 6. The van der Waals surface area contributed by atoms with E-state index < -0.39 is 17.9 Å². The van der Waals surface area contributed by atoms with Gasteiger partial charge in [0.25, 0.3) is 0 Å². The van der Waals surface area contributed by atoms with Gasteiger partial charge in [-0.1, -0.05) is 27.2 Å². The molecular weight excluding hydrogens is 449 g/mol. The average Bonchev–Trinajstić information content (AvgIpc) is 3.28. The van der Waals surface area contributed by atoms with Crippen LogP contribution in [0, 0.1) is 5.92 Å². The zero-order chi connectivity index (χ0) is 25.1. The van der Waals surface area contributed by atoms with Crippen LogP contribution < -0.4 is 10.6 Å². The predicted octanol–water partition coefficient (Wildman–Crippen LogP) is 4.39. The Hall–Kier alpha value is -2.69. The minimum absolute atomic E-state index is 0.0690. The van der Waals surface area contributed by atoms with Gasteiger partial charge in [-0.25, -0.2) is 9.97 Å². The summed E-state index contributed by atoms with van der Waals surface area (Å²) in [6, 6.07) is 1.19. The molecule has 0 aliphatic heterocycles. The van der Waals surface area contributed by atoms with Crippen molar-refractivity contribution < 1.29 is 22.7 Å². The third-order valence-corrected chi connectivity index (χ3v) is 4.97. The maximum absolute atomic E-state index is 13.0. The summed E-state index contributed by atoms with van der Waals surface area (Å²) in [5.41, 5.74) is -0.342. The Kier molecular flexibility index (Phi) is 10.7. The van der Waals surface area contributed by atoms with E-state index in [1.807, 2.05) is 27.7 Å². The molecule has 0 aliphatic carbocycles. The number of hydrogen-bond donors (Lipinski definition) is 2. The van der Waals surface area contributed by atoms with E-state index >= 15 is 0 Å². The highest BCUT2D eigenvalue weighted by Gasteiger charge is 2.33. The van der Waals surface area contributed by atoms with Gasteiger partial charge < -0.3 is 15.4 Å². The summed E-state index contributed by atoms with van der Waals surface area (Å²) in [4.78, 5) is 25.1. The number of rotatable bonds is 14. The summed E-state index contributed by atoms with van der Waals surface area (Å²) in [6.07, 6.45) is 1.05. The van der Waals surface area contributed by atoms with E-state index in [0.29, 0.717) is 50.5 Å². The summed E-state index contributed by atoms with van der Waals surface area (Å²) in [5.74, 6) is 0.519. The maximum Gasteiger partial charge on any atom is 0.434 e. The number of unbranched alkanes of at least 4 members (excludes halogenated alkanes) is 1. The first-order chi connectivity index (χ1) is 16.1. The number of anilines is 1. The van der Waals surface area contributed by atoms with Crippen molar-refractivity contribution in [3.8, 4) is 5.95 Å². The summed E-state index contributed by atoms with van der Waals surface area (Å²) in [7, 11) is 0. The normalized spacial score (nSPS) is 12.7. The smallest absolute Gasteiger partial charge is 0.382 e. The van der Waals surface area contributed by atoms with Crippen molar-refractivity contribution in [1.82, 2.24) is 24.8 Å². The summed E-state index contributed by atoms with van der Waals surface area (Å²) in [6.45, 7) is 9.67. The van der Waals surface area contributed by atoms with E-state index in [2.05, 4.69) is 25.6 Å². The second-order valence-electron chi connectivity index (χ2n) is 8.48. The molecule has 11 heteroatoms. The molecule has 1 atom stereocenters. The van der Waals surface area contributed by atoms with Gasteiger partial charge in [-0.05, 0) is 38.5 Å². The molecule has 2 aromatic heterocycles. The monoisotopic (exact) mass is 484 g/mol. The fraction of sp³-hybridized carbons (Fsp3) is 0.652. The lowest BCUT2D eigenvalue weighted by molar-refractivity contribution is -0.140. The van der Waals surface area contributed by atoms with Crippen LogP contribution in [-0.4, -0.2) is 51.2 Å². The standard InChI is InChI=1S/C23H35F3N6O2/c1-5-7-9-17-13-20(31-22(29-17)32-14-19(28-15-32)23(24,25)26)30-18(12-16(3)4)21(33)27-10-8-11-34-6-2/h13-16,18H,5-12H2,1-4H3,(H,27,33)(H,29,30,31)/t18-/m0/s1. The predicted molar refractivity (Wildman–Crippen MR) is 124 cm³/mol. The molecule has 0 saturated carbocycles. The molecule has 0 fully saturated rings. The first-order valence-corrected chi connectivity index (χ1v) is 11.8. The van der Waals surface area contributed by atoms with Gasteiger partial charge in [-0.15, -0.1) is 0 Å². The van der Waals surface area contributed by atoms with E-state index in [1.54, 1.807) is 6.07 Å². The molecule has 34 heavy (non-hydrogen) atoms. The summed E-state index contributed by atoms with van der Waals surface area (Å²) < 4.78 is 45.5. The molecule has 0 saturated heterocycles. The molecule has 2 heterocycles. The molecular formula is C23H35F3N6O2. The van der Waals surface area contributed by atoms with Crippen molar-refractivity contribution in [3.63, 3.8) is 0 Å². The second kappa shape index (κ2) is 13.3. The Balaban J connectivity index is 2.26. The molecule has 2 aromatic rings. The molecule has 0 unspecified atom stereocenters. The Morgan fingerprint density at radius 3 is 2.59 bits per heavy atom. The number of aryl methyl sites for hydroxylation is 1. The number of nitrogens with one attached hydrogen (secondary N) is 2. The Bertz CT molecular complexity index is 901. The average molecular weight is 485 g/mol. The fourth-order valence-corrected chi connectivity index (χ4v) is 3.27. The molecule has 0 aliphatic rings. The number of ether oxygens (including phenoxy) is 1. The minimum Gasteiger partial charge on any atom is -0.382 e. The molecule has 190 valence electrons. The number of carbonyl (C=O) groups is 1. The van der Waals surface area contributed by atoms with Crippen LogP contribution in [-0.2, 0) is 22.1 Å². The van der Waals surface area contributed by atoms with Crippen LogP contribution in [0.3, 0.4) is 0 Å². The lowest BCUT2D eigenvalue weighted by Crippen LogP contribution is -2.41. The Morgan fingerprint density at radius 2 is 1.97 bits per heavy atom. The van der Waals surface area contributed by atoms with Crippen LogP contribution >= 0.6 is 0 Å². The molecule has 0 spiro atoms. The second-order valence-corrected chi connectivity index (χ2v) is 8.48. The fourth-order valence-electron chi connectivity index (χ4n) is 3.27. The number of halogens is 3. The number of imidazole rings is 1. The van der Waals surface area contributed by atoms with Gasteiger partial charge in [0, 0.05) is 37.7 Å². The third-order valence-electron chi connectivity index (χ3n) is 4.97. The van der Waals surface area contributed by atoms with Crippen LogP contribution in [0.1, 0.15) is 64.8 Å². The first kappa shape index (κ1) is 27.6.